The third-order valence-corrected chi connectivity index (χ3v) is 5.72. The lowest BCUT2D eigenvalue weighted by Crippen LogP contribution is -2.14. The minimum Gasteiger partial charge on any atom is -0.322 e. The van der Waals surface area contributed by atoms with E-state index in [0.29, 0.717) is 22.3 Å². The van der Waals surface area contributed by atoms with Crippen LogP contribution >= 0.6 is 11.8 Å². The van der Waals surface area contributed by atoms with E-state index in [1.54, 1.807) is 4.52 Å². The second-order valence-electron chi connectivity index (χ2n) is 7.10. The smallest absolute Gasteiger partial charge is 0.255 e. The highest BCUT2D eigenvalue weighted by atomic mass is 32.2. The molecule has 0 saturated heterocycles. The number of nitrogens with zero attached hydrogens (tertiary/aromatic N) is 4. The number of anilines is 1. The molecule has 0 fully saturated rings. The zero-order chi connectivity index (χ0) is 21.1. The molecule has 7 heteroatoms. The second-order valence-corrected chi connectivity index (χ2v) is 8.04. The molecule has 0 saturated carbocycles. The fraction of sp³-hybridized carbons (Fsp3) is 0.217. The predicted octanol–water partition coefficient (Wildman–Crippen LogP) is 4.85. The third kappa shape index (κ3) is 4.36. The molecule has 30 heavy (non-hydrogen) atoms. The van der Waals surface area contributed by atoms with Crippen LogP contribution in [0, 0.1) is 13.8 Å². The van der Waals surface area contributed by atoms with Crippen molar-refractivity contribution in [2.45, 2.75) is 38.1 Å². The van der Waals surface area contributed by atoms with Crippen molar-refractivity contribution in [1.29, 1.82) is 0 Å². The quantitative estimate of drug-likeness (QED) is 0.454. The Bertz CT molecular complexity index is 1200. The van der Waals surface area contributed by atoms with Crippen LogP contribution in [0.15, 0.2) is 59.8 Å². The van der Waals surface area contributed by atoms with Crippen LogP contribution in [0.2, 0.25) is 0 Å². The van der Waals surface area contributed by atoms with Gasteiger partial charge in [0, 0.05) is 28.4 Å². The van der Waals surface area contributed by atoms with Gasteiger partial charge in [-0.1, -0.05) is 49.0 Å². The lowest BCUT2D eigenvalue weighted by Gasteiger charge is -2.10. The van der Waals surface area contributed by atoms with E-state index < -0.39 is 0 Å². The van der Waals surface area contributed by atoms with Gasteiger partial charge in [-0.2, -0.15) is 4.98 Å². The molecule has 6 nitrogen and oxygen atoms in total. The molecule has 4 aromatic rings. The van der Waals surface area contributed by atoms with Crippen LogP contribution < -0.4 is 5.32 Å². The SMILES string of the molecule is CCc1ccc(NC(=O)c2ccccc2CSc2nc3nc(C)cc(C)n3n2)cc1. The maximum atomic E-state index is 12.9. The average Bonchev–Trinajstić information content (AvgIpc) is 3.16. The molecule has 0 unspecified atom stereocenters. The number of carbonyl (C=O) groups is 1. The van der Waals surface area contributed by atoms with Crippen molar-refractivity contribution in [3.63, 3.8) is 0 Å². The normalized spacial score (nSPS) is 11.0. The molecule has 0 bridgehead atoms. The van der Waals surface area contributed by atoms with Gasteiger partial charge in [-0.05, 0) is 55.7 Å². The molecule has 0 aliphatic rings. The van der Waals surface area contributed by atoms with Gasteiger partial charge in [-0.3, -0.25) is 4.79 Å². The maximum Gasteiger partial charge on any atom is 0.255 e. The van der Waals surface area contributed by atoms with Gasteiger partial charge in [-0.15, -0.1) is 5.10 Å². The first kappa shape index (κ1) is 20.1. The van der Waals surface area contributed by atoms with Crippen molar-refractivity contribution in [1.82, 2.24) is 19.6 Å². The van der Waals surface area contributed by atoms with Crippen molar-refractivity contribution in [3.05, 3.63) is 82.7 Å². The fourth-order valence-corrected chi connectivity index (χ4v) is 4.06. The summed E-state index contributed by atoms with van der Waals surface area (Å²) < 4.78 is 1.74. The lowest BCUT2D eigenvalue weighted by atomic mass is 10.1. The third-order valence-electron chi connectivity index (χ3n) is 4.84. The van der Waals surface area contributed by atoms with Crippen molar-refractivity contribution in [3.8, 4) is 0 Å². The van der Waals surface area contributed by atoms with Crippen molar-refractivity contribution >= 4 is 29.1 Å². The number of aryl methyl sites for hydroxylation is 3. The van der Waals surface area contributed by atoms with Crippen LogP contribution in [-0.2, 0) is 12.2 Å². The standard InChI is InChI=1S/C23H23N5OS/c1-4-17-9-11-19(12-10-17)25-21(29)20-8-6-5-7-18(20)14-30-23-26-22-24-15(2)13-16(3)28(22)27-23/h5-13H,4,14H2,1-3H3,(H,25,29). The molecule has 0 atom stereocenters. The molecule has 2 aromatic carbocycles. The van der Waals surface area contributed by atoms with E-state index in [0.717, 1.165) is 29.1 Å². The number of rotatable bonds is 6. The van der Waals surface area contributed by atoms with E-state index in [1.807, 2.05) is 68.4 Å². The Morgan fingerprint density at radius 2 is 1.83 bits per heavy atom. The Morgan fingerprint density at radius 3 is 2.60 bits per heavy atom. The number of aromatic nitrogens is 4. The van der Waals surface area contributed by atoms with Gasteiger partial charge in [0.15, 0.2) is 0 Å². The summed E-state index contributed by atoms with van der Waals surface area (Å²) in [5.41, 5.74) is 5.52. The Kier molecular flexibility index (Phi) is 5.81. The van der Waals surface area contributed by atoms with E-state index in [9.17, 15) is 4.79 Å². The molecule has 0 aliphatic carbocycles. The Labute approximate surface area is 179 Å². The summed E-state index contributed by atoms with van der Waals surface area (Å²) in [6.07, 6.45) is 0.972. The van der Waals surface area contributed by atoms with Crippen LogP contribution in [0.4, 0.5) is 5.69 Å². The summed E-state index contributed by atoms with van der Waals surface area (Å²) >= 11 is 1.49. The highest BCUT2D eigenvalue weighted by Gasteiger charge is 2.14. The van der Waals surface area contributed by atoms with Crippen LogP contribution in [-0.4, -0.2) is 25.5 Å². The number of nitrogens with one attached hydrogen (secondary N) is 1. The summed E-state index contributed by atoms with van der Waals surface area (Å²) in [6, 6.07) is 17.5. The summed E-state index contributed by atoms with van der Waals surface area (Å²) in [5, 5.41) is 8.16. The van der Waals surface area contributed by atoms with Gasteiger partial charge in [0.1, 0.15) is 0 Å². The first-order valence-corrected chi connectivity index (χ1v) is 10.8. The zero-order valence-corrected chi connectivity index (χ0v) is 18.0. The Morgan fingerprint density at radius 1 is 1.07 bits per heavy atom. The number of thioether (sulfide) groups is 1. The molecular weight excluding hydrogens is 394 g/mol. The lowest BCUT2D eigenvalue weighted by molar-refractivity contribution is 0.102. The van der Waals surface area contributed by atoms with Crippen molar-refractivity contribution in [2.24, 2.45) is 0 Å². The summed E-state index contributed by atoms with van der Waals surface area (Å²) in [4.78, 5) is 21.8. The Balaban J connectivity index is 1.50. The summed E-state index contributed by atoms with van der Waals surface area (Å²) in [5.74, 6) is 1.07. The van der Waals surface area contributed by atoms with Crippen molar-refractivity contribution in [2.75, 3.05) is 5.32 Å². The fourth-order valence-electron chi connectivity index (χ4n) is 3.24. The summed E-state index contributed by atoms with van der Waals surface area (Å²) in [6.45, 7) is 6.04. The molecule has 1 N–H and O–H groups in total. The molecule has 2 aromatic heterocycles. The predicted molar refractivity (Wildman–Crippen MR) is 120 cm³/mol. The highest BCUT2D eigenvalue weighted by Crippen LogP contribution is 2.23. The van der Waals surface area contributed by atoms with E-state index in [2.05, 4.69) is 27.3 Å². The largest absolute Gasteiger partial charge is 0.322 e. The van der Waals surface area contributed by atoms with Gasteiger partial charge in [0.25, 0.3) is 11.7 Å². The topological polar surface area (TPSA) is 72.2 Å². The molecule has 1 amide bonds. The maximum absolute atomic E-state index is 12.9. The van der Waals surface area contributed by atoms with E-state index >= 15 is 0 Å². The Hall–Kier alpha value is -3.19. The van der Waals surface area contributed by atoms with Crippen LogP contribution in [0.1, 0.15) is 39.8 Å². The molecule has 4 rings (SSSR count). The first-order valence-electron chi connectivity index (χ1n) is 9.85. The van der Waals surface area contributed by atoms with Gasteiger partial charge in [0.05, 0.1) is 0 Å². The number of hydrogen-bond donors (Lipinski definition) is 1. The summed E-state index contributed by atoms with van der Waals surface area (Å²) in [7, 11) is 0. The van der Waals surface area contributed by atoms with Gasteiger partial charge in [-0.25, -0.2) is 9.50 Å². The van der Waals surface area contributed by atoms with Crippen LogP contribution in [0.25, 0.3) is 5.78 Å². The highest BCUT2D eigenvalue weighted by molar-refractivity contribution is 7.98. The molecular formula is C23H23N5OS. The first-order chi connectivity index (χ1) is 14.5. The van der Waals surface area contributed by atoms with Gasteiger partial charge in [0.2, 0.25) is 5.16 Å². The van der Waals surface area contributed by atoms with Crippen LogP contribution in [0.5, 0.6) is 0 Å². The average molecular weight is 418 g/mol. The van der Waals surface area contributed by atoms with Crippen molar-refractivity contribution < 1.29 is 4.79 Å². The van der Waals surface area contributed by atoms with E-state index in [1.165, 1.54) is 17.3 Å². The monoisotopic (exact) mass is 417 g/mol. The number of amides is 1. The second kappa shape index (κ2) is 8.67. The molecule has 152 valence electrons. The number of hydrogen-bond acceptors (Lipinski definition) is 5. The van der Waals surface area contributed by atoms with E-state index in [-0.39, 0.29) is 5.91 Å². The van der Waals surface area contributed by atoms with E-state index in [4.69, 9.17) is 0 Å². The van der Waals surface area contributed by atoms with Gasteiger partial charge >= 0.3 is 0 Å². The molecule has 0 aliphatic heterocycles. The molecule has 0 spiro atoms. The number of fused-ring (bicyclic) bond motifs is 1. The minimum atomic E-state index is -0.119. The van der Waals surface area contributed by atoms with Gasteiger partial charge < -0.3 is 5.32 Å². The van der Waals surface area contributed by atoms with Crippen LogP contribution in [0.3, 0.4) is 0 Å². The minimum absolute atomic E-state index is 0.119. The molecule has 2 heterocycles. The number of benzene rings is 2. The molecule has 0 radical (unpaired) electrons. The number of carbonyl (C=O) groups excluding carboxylic acids is 1. The zero-order valence-electron chi connectivity index (χ0n) is 17.2.